The third kappa shape index (κ3) is 3.52. The molecule has 1 amide bonds. The predicted octanol–water partition coefficient (Wildman–Crippen LogP) is 2.90. The molecule has 2 rings (SSSR count). The molecule has 104 valence electrons. The minimum absolute atomic E-state index is 0.104. The highest BCUT2D eigenvalue weighted by atomic mass is 79.9. The molecule has 0 bridgehead atoms. The molecule has 1 aliphatic heterocycles. The number of amides is 1. The Labute approximate surface area is 128 Å². The van der Waals surface area contributed by atoms with Gasteiger partial charge in [-0.2, -0.15) is 0 Å². The topological polar surface area (TPSA) is 23.6 Å². The van der Waals surface area contributed by atoms with Crippen molar-refractivity contribution in [2.45, 2.75) is 23.8 Å². The standard InChI is InChI=1S/C14H19BrN2OS/c1-16(2)9-10-4-3-7-17(10)14(18)12-8-11(19)5-6-13(12)15/h5-6,8,10,19H,3-4,7,9H2,1-2H3. The van der Waals surface area contributed by atoms with E-state index in [2.05, 4.69) is 33.5 Å². The second-order valence-corrected chi connectivity index (χ2v) is 6.59. The fourth-order valence-electron chi connectivity index (χ4n) is 2.55. The van der Waals surface area contributed by atoms with Gasteiger partial charge in [0.15, 0.2) is 0 Å². The van der Waals surface area contributed by atoms with Gasteiger partial charge < -0.3 is 9.80 Å². The average Bonchev–Trinajstić information content (AvgIpc) is 2.78. The number of rotatable bonds is 3. The Morgan fingerprint density at radius 2 is 2.26 bits per heavy atom. The molecule has 1 heterocycles. The van der Waals surface area contributed by atoms with Gasteiger partial charge in [-0.3, -0.25) is 4.79 Å². The van der Waals surface area contributed by atoms with Crippen LogP contribution in [0.4, 0.5) is 0 Å². The second-order valence-electron chi connectivity index (χ2n) is 5.22. The molecule has 0 saturated carbocycles. The van der Waals surface area contributed by atoms with Gasteiger partial charge in [0.2, 0.25) is 0 Å². The molecule has 1 saturated heterocycles. The lowest BCUT2D eigenvalue weighted by atomic mass is 10.1. The van der Waals surface area contributed by atoms with Crippen LogP contribution in [0.15, 0.2) is 27.6 Å². The summed E-state index contributed by atoms with van der Waals surface area (Å²) >= 11 is 7.77. The molecule has 0 N–H and O–H groups in total. The zero-order valence-electron chi connectivity index (χ0n) is 11.3. The summed E-state index contributed by atoms with van der Waals surface area (Å²) in [6.07, 6.45) is 2.17. The van der Waals surface area contributed by atoms with Crippen molar-refractivity contribution in [2.75, 3.05) is 27.2 Å². The number of benzene rings is 1. The first-order valence-corrected chi connectivity index (χ1v) is 7.67. The Kier molecular flexibility index (Phi) is 4.92. The van der Waals surface area contributed by atoms with E-state index in [1.807, 2.05) is 37.2 Å². The molecular weight excluding hydrogens is 324 g/mol. The summed E-state index contributed by atoms with van der Waals surface area (Å²) in [7, 11) is 4.09. The Morgan fingerprint density at radius 3 is 2.95 bits per heavy atom. The van der Waals surface area contributed by atoms with E-state index in [1.165, 1.54) is 0 Å². The molecule has 0 spiro atoms. The minimum Gasteiger partial charge on any atom is -0.334 e. The molecule has 1 aliphatic rings. The van der Waals surface area contributed by atoms with Crippen LogP contribution in [0, 0.1) is 0 Å². The number of halogens is 1. The van der Waals surface area contributed by atoms with Crippen LogP contribution in [0.2, 0.25) is 0 Å². The number of nitrogens with zero attached hydrogens (tertiary/aromatic N) is 2. The van der Waals surface area contributed by atoms with Crippen molar-refractivity contribution in [2.24, 2.45) is 0 Å². The number of hydrogen-bond donors (Lipinski definition) is 1. The fraction of sp³-hybridized carbons (Fsp3) is 0.500. The van der Waals surface area contributed by atoms with Gasteiger partial charge in [0, 0.05) is 28.5 Å². The summed E-state index contributed by atoms with van der Waals surface area (Å²) in [4.78, 5) is 17.6. The number of carbonyl (C=O) groups is 1. The van der Waals surface area contributed by atoms with E-state index in [9.17, 15) is 4.79 Å². The monoisotopic (exact) mass is 342 g/mol. The van der Waals surface area contributed by atoms with Crippen molar-refractivity contribution in [1.82, 2.24) is 9.80 Å². The second kappa shape index (κ2) is 6.29. The van der Waals surface area contributed by atoms with E-state index in [1.54, 1.807) is 0 Å². The fourth-order valence-corrected chi connectivity index (χ4v) is 3.17. The first-order chi connectivity index (χ1) is 8.99. The van der Waals surface area contributed by atoms with Crippen molar-refractivity contribution < 1.29 is 4.79 Å². The third-order valence-electron chi connectivity index (χ3n) is 3.39. The van der Waals surface area contributed by atoms with E-state index in [4.69, 9.17) is 0 Å². The van der Waals surface area contributed by atoms with Crippen LogP contribution < -0.4 is 0 Å². The van der Waals surface area contributed by atoms with Gasteiger partial charge in [-0.1, -0.05) is 0 Å². The third-order valence-corrected chi connectivity index (χ3v) is 4.36. The highest BCUT2D eigenvalue weighted by molar-refractivity contribution is 9.10. The largest absolute Gasteiger partial charge is 0.334 e. The van der Waals surface area contributed by atoms with Gasteiger partial charge in [0.1, 0.15) is 0 Å². The number of hydrogen-bond acceptors (Lipinski definition) is 3. The quantitative estimate of drug-likeness (QED) is 0.853. The zero-order valence-corrected chi connectivity index (χ0v) is 13.7. The molecule has 0 aliphatic carbocycles. The van der Waals surface area contributed by atoms with Gasteiger partial charge in [-0.25, -0.2) is 0 Å². The first kappa shape index (κ1) is 14.9. The maximum Gasteiger partial charge on any atom is 0.255 e. The van der Waals surface area contributed by atoms with Gasteiger partial charge in [-0.15, -0.1) is 12.6 Å². The number of likely N-dealkylation sites (N-methyl/N-ethyl adjacent to an activating group) is 1. The van der Waals surface area contributed by atoms with E-state index >= 15 is 0 Å². The molecule has 1 unspecified atom stereocenters. The lowest BCUT2D eigenvalue weighted by molar-refractivity contribution is 0.0715. The molecule has 1 aromatic rings. The van der Waals surface area contributed by atoms with Crippen molar-refractivity contribution in [3.63, 3.8) is 0 Å². The molecule has 0 aromatic heterocycles. The Morgan fingerprint density at radius 1 is 1.53 bits per heavy atom. The van der Waals surface area contributed by atoms with Gasteiger partial charge in [-0.05, 0) is 61.1 Å². The van der Waals surface area contributed by atoms with E-state index in [-0.39, 0.29) is 5.91 Å². The van der Waals surface area contributed by atoms with Crippen molar-refractivity contribution in [1.29, 1.82) is 0 Å². The highest BCUT2D eigenvalue weighted by Gasteiger charge is 2.30. The molecule has 0 radical (unpaired) electrons. The van der Waals surface area contributed by atoms with Crippen molar-refractivity contribution in [3.05, 3.63) is 28.2 Å². The summed E-state index contributed by atoms with van der Waals surface area (Å²) < 4.78 is 0.839. The average molecular weight is 343 g/mol. The Bertz CT molecular complexity index is 479. The summed E-state index contributed by atoms with van der Waals surface area (Å²) in [6, 6.07) is 5.91. The molecule has 3 nitrogen and oxygen atoms in total. The van der Waals surface area contributed by atoms with Crippen LogP contribution in [-0.4, -0.2) is 48.9 Å². The molecule has 19 heavy (non-hydrogen) atoms. The Balaban J connectivity index is 2.20. The lowest BCUT2D eigenvalue weighted by Gasteiger charge is -2.27. The minimum atomic E-state index is 0.104. The van der Waals surface area contributed by atoms with Crippen molar-refractivity contribution in [3.8, 4) is 0 Å². The number of likely N-dealkylation sites (tertiary alicyclic amines) is 1. The van der Waals surface area contributed by atoms with Crippen LogP contribution in [-0.2, 0) is 0 Å². The summed E-state index contributed by atoms with van der Waals surface area (Å²) in [5.41, 5.74) is 0.707. The number of carbonyl (C=O) groups excluding carboxylic acids is 1. The highest BCUT2D eigenvalue weighted by Crippen LogP contribution is 2.26. The van der Waals surface area contributed by atoms with Crippen LogP contribution >= 0.6 is 28.6 Å². The molecule has 1 aromatic carbocycles. The van der Waals surface area contributed by atoms with E-state index in [0.717, 1.165) is 35.3 Å². The predicted molar refractivity (Wildman–Crippen MR) is 84.0 cm³/mol. The summed E-state index contributed by atoms with van der Waals surface area (Å²) in [5, 5.41) is 0. The van der Waals surface area contributed by atoms with Crippen LogP contribution in [0.5, 0.6) is 0 Å². The first-order valence-electron chi connectivity index (χ1n) is 6.43. The van der Waals surface area contributed by atoms with Gasteiger partial charge in [0.05, 0.1) is 5.56 Å². The number of thiol groups is 1. The van der Waals surface area contributed by atoms with E-state index < -0.39 is 0 Å². The maximum atomic E-state index is 12.7. The van der Waals surface area contributed by atoms with Crippen LogP contribution in [0.25, 0.3) is 0 Å². The molecule has 5 heteroatoms. The summed E-state index contributed by atoms with van der Waals surface area (Å²) in [5.74, 6) is 0.104. The molecule has 1 fully saturated rings. The molecular formula is C14H19BrN2OS. The normalized spacial score (nSPS) is 19.2. The SMILES string of the molecule is CN(C)CC1CCCN1C(=O)c1cc(S)ccc1Br. The smallest absolute Gasteiger partial charge is 0.255 e. The van der Waals surface area contributed by atoms with Gasteiger partial charge in [0.25, 0.3) is 5.91 Å². The Hall–Kier alpha value is -0.520. The lowest BCUT2D eigenvalue weighted by Crippen LogP contribution is -2.41. The van der Waals surface area contributed by atoms with Crippen molar-refractivity contribution >= 4 is 34.5 Å². The zero-order chi connectivity index (χ0) is 14.0. The van der Waals surface area contributed by atoms with Gasteiger partial charge >= 0.3 is 0 Å². The summed E-state index contributed by atoms with van der Waals surface area (Å²) in [6.45, 7) is 1.77. The maximum absolute atomic E-state index is 12.7. The van der Waals surface area contributed by atoms with Crippen LogP contribution in [0.1, 0.15) is 23.2 Å². The van der Waals surface area contributed by atoms with Crippen LogP contribution in [0.3, 0.4) is 0 Å². The van der Waals surface area contributed by atoms with E-state index in [0.29, 0.717) is 11.6 Å². The molecule has 1 atom stereocenters.